The summed E-state index contributed by atoms with van der Waals surface area (Å²) >= 11 is 0. The Balaban J connectivity index is 0.000000314. The molecule has 1 aliphatic heterocycles. The maximum atomic E-state index is 13.0. The first kappa shape index (κ1) is 25.5. The number of aliphatic hydroxyl groups excluding tert-OH is 6. The van der Waals surface area contributed by atoms with Crippen molar-refractivity contribution in [2.24, 2.45) is 0 Å². The second-order valence-corrected chi connectivity index (χ2v) is 6.15. The lowest BCUT2D eigenvalue weighted by Gasteiger charge is -2.21. The summed E-state index contributed by atoms with van der Waals surface area (Å²) in [6.07, 6.45) is -10.3. The molecule has 0 aliphatic carbocycles. The van der Waals surface area contributed by atoms with Gasteiger partial charge in [-0.3, -0.25) is 14.3 Å². The summed E-state index contributed by atoms with van der Waals surface area (Å²) in [6, 6.07) is 0. The SMILES string of the molecule is O=C[C@H](O)[C@@H](O)[C@H](O)[C@H](O)C(=O)O.O=c1[nH]c(=O)n([C@H]2C[C@H](O)[C@@H](CO)O2)cc1F. The van der Waals surface area contributed by atoms with E-state index in [1.807, 2.05) is 0 Å². The van der Waals surface area contributed by atoms with Crippen molar-refractivity contribution in [1.29, 1.82) is 0 Å². The molecule has 1 aromatic rings. The molecule has 8 N–H and O–H groups in total. The molecular weight excluding hydrogens is 419 g/mol. The van der Waals surface area contributed by atoms with Crippen LogP contribution in [0.25, 0.3) is 0 Å². The summed E-state index contributed by atoms with van der Waals surface area (Å²) in [5.74, 6) is -2.88. The van der Waals surface area contributed by atoms with Crippen molar-refractivity contribution in [3.8, 4) is 0 Å². The lowest BCUT2D eigenvalue weighted by molar-refractivity contribution is -0.163. The number of carboxylic acid groups (broad SMARTS) is 1. The third-order valence-electron chi connectivity index (χ3n) is 4.03. The van der Waals surface area contributed by atoms with Crippen molar-refractivity contribution in [3.05, 3.63) is 32.9 Å². The zero-order chi connectivity index (χ0) is 23.2. The summed E-state index contributed by atoms with van der Waals surface area (Å²) in [5.41, 5.74) is -1.93. The number of nitrogens with zero attached hydrogens (tertiary/aromatic N) is 1. The van der Waals surface area contributed by atoms with Crippen molar-refractivity contribution >= 4 is 12.3 Å². The highest BCUT2D eigenvalue weighted by Gasteiger charge is 2.35. The first-order chi connectivity index (χ1) is 13.9. The number of aromatic nitrogens is 2. The quantitative estimate of drug-likeness (QED) is 0.186. The molecule has 0 unspecified atom stereocenters. The van der Waals surface area contributed by atoms with Crippen molar-refractivity contribution in [3.63, 3.8) is 0 Å². The summed E-state index contributed by atoms with van der Waals surface area (Å²) in [6.45, 7) is -0.405. The number of carbonyl (C=O) groups excluding carboxylic acids is 1. The average molecular weight is 440 g/mol. The number of rotatable bonds is 7. The summed E-state index contributed by atoms with van der Waals surface area (Å²) in [7, 11) is 0. The van der Waals surface area contributed by atoms with Crippen LogP contribution in [-0.4, -0.2) is 101 Å². The Morgan fingerprint density at radius 2 is 1.90 bits per heavy atom. The van der Waals surface area contributed by atoms with Crippen LogP contribution < -0.4 is 11.2 Å². The molecule has 170 valence electrons. The second-order valence-electron chi connectivity index (χ2n) is 6.15. The van der Waals surface area contributed by atoms with Crippen LogP contribution in [-0.2, 0) is 14.3 Å². The molecule has 0 spiro atoms. The van der Waals surface area contributed by atoms with E-state index in [0.717, 1.165) is 10.8 Å². The van der Waals surface area contributed by atoms with E-state index >= 15 is 0 Å². The molecule has 1 fully saturated rings. The van der Waals surface area contributed by atoms with E-state index in [1.165, 1.54) is 0 Å². The minimum atomic E-state index is -2.25. The van der Waals surface area contributed by atoms with Gasteiger partial charge < -0.3 is 45.3 Å². The smallest absolute Gasteiger partial charge is 0.335 e. The Kier molecular flexibility index (Phi) is 9.37. The van der Waals surface area contributed by atoms with E-state index in [0.29, 0.717) is 0 Å². The van der Waals surface area contributed by atoms with Crippen LogP contribution in [0.1, 0.15) is 12.6 Å². The van der Waals surface area contributed by atoms with Crippen LogP contribution >= 0.6 is 0 Å². The van der Waals surface area contributed by atoms with Gasteiger partial charge in [-0.2, -0.15) is 4.39 Å². The molecule has 1 aliphatic rings. The summed E-state index contributed by atoms with van der Waals surface area (Å²) in [5, 5.41) is 61.5. The molecule has 15 heteroatoms. The lowest BCUT2D eigenvalue weighted by atomic mass is 10.0. The average Bonchev–Trinajstić information content (AvgIpc) is 3.09. The normalized spacial score (nSPS) is 24.8. The van der Waals surface area contributed by atoms with E-state index in [-0.39, 0.29) is 12.7 Å². The van der Waals surface area contributed by atoms with Gasteiger partial charge in [0.15, 0.2) is 12.4 Å². The van der Waals surface area contributed by atoms with Gasteiger partial charge in [0, 0.05) is 6.42 Å². The van der Waals surface area contributed by atoms with Gasteiger partial charge in [0.2, 0.25) is 5.82 Å². The molecule has 0 radical (unpaired) electrons. The largest absolute Gasteiger partial charge is 0.479 e. The monoisotopic (exact) mass is 440 g/mol. The van der Waals surface area contributed by atoms with Crippen molar-refractivity contribution in [2.45, 2.75) is 49.3 Å². The number of ether oxygens (including phenoxy) is 1. The topological polar surface area (TPSA) is 240 Å². The van der Waals surface area contributed by atoms with Crippen LogP contribution in [0.4, 0.5) is 4.39 Å². The molecule has 0 aromatic carbocycles. The Labute approximate surface area is 166 Å². The molecule has 0 bridgehead atoms. The van der Waals surface area contributed by atoms with Gasteiger partial charge in [0.05, 0.1) is 18.9 Å². The fraction of sp³-hybridized carbons (Fsp3) is 0.600. The Morgan fingerprint density at radius 1 is 1.30 bits per heavy atom. The fourth-order valence-corrected chi connectivity index (χ4v) is 2.34. The van der Waals surface area contributed by atoms with E-state index in [4.69, 9.17) is 35.4 Å². The predicted octanol–water partition coefficient (Wildman–Crippen LogP) is -4.97. The maximum Gasteiger partial charge on any atom is 0.335 e. The molecular formula is C15H21FN2O12. The van der Waals surface area contributed by atoms with E-state index in [9.17, 15) is 28.7 Å². The van der Waals surface area contributed by atoms with Crippen molar-refractivity contribution in [2.75, 3.05) is 6.61 Å². The number of aldehydes is 1. The number of nitrogens with one attached hydrogen (secondary N) is 1. The molecule has 7 atom stereocenters. The minimum absolute atomic E-state index is 0.0383. The number of halogens is 1. The number of hydrogen-bond acceptors (Lipinski definition) is 11. The first-order valence-electron chi connectivity index (χ1n) is 8.30. The third-order valence-corrected chi connectivity index (χ3v) is 4.03. The molecule has 1 aromatic heterocycles. The highest BCUT2D eigenvalue weighted by atomic mass is 19.1. The summed E-state index contributed by atoms with van der Waals surface area (Å²) < 4.78 is 19.0. The number of carboxylic acids is 1. The van der Waals surface area contributed by atoms with Crippen molar-refractivity contribution in [1.82, 2.24) is 9.55 Å². The number of carbonyl (C=O) groups is 2. The van der Waals surface area contributed by atoms with Gasteiger partial charge in [0.25, 0.3) is 5.56 Å². The number of aromatic amines is 1. The number of aliphatic carboxylic acids is 1. The number of H-pyrrole nitrogens is 1. The number of aliphatic hydroxyl groups is 6. The van der Waals surface area contributed by atoms with Crippen LogP contribution in [0.15, 0.2) is 15.8 Å². The Bertz CT molecular complexity index is 842. The molecule has 0 saturated carbocycles. The fourth-order valence-electron chi connectivity index (χ4n) is 2.34. The predicted molar refractivity (Wildman–Crippen MR) is 90.6 cm³/mol. The van der Waals surface area contributed by atoms with Gasteiger partial charge in [0.1, 0.15) is 30.6 Å². The van der Waals surface area contributed by atoms with Gasteiger partial charge in [-0.15, -0.1) is 0 Å². The molecule has 0 amide bonds. The maximum absolute atomic E-state index is 13.0. The van der Waals surface area contributed by atoms with E-state index < -0.39 is 72.5 Å². The van der Waals surface area contributed by atoms with E-state index in [1.54, 1.807) is 4.98 Å². The van der Waals surface area contributed by atoms with Gasteiger partial charge in [-0.1, -0.05) is 0 Å². The van der Waals surface area contributed by atoms with Gasteiger partial charge in [-0.25, -0.2) is 9.59 Å². The van der Waals surface area contributed by atoms with Gasteiger partial charge in [-0.05, 0) is 0 Å². The van der Waals surface area contributed by atoms with E-state index in [2.05, 4.69) is 0 Å². The zero-order valence-electron chi connectivity index (χ0n) is 15.1. The molecule has 1 saturated heterocycles. The highest BCUT2D eigenvalue weighted by molar-refractivity contribution is 5.73. The number of hydrogen-bond donors (Lipinski definition) is 8. The minimum Gasteiger partial charge on any atom is -0.479 e. The highest BCUT2D eigenvalue weighted by Crippen LogP contribution is 2.27. The van der Waals surface area contributed by atoms with Crippen LogP contribution in [0.5, 0.6) is 0 Å². The second kappa shape index (κ2) is 11.0. The Hall–Kier alpha value is -2.53. The molecule has 2 rings (SSSR count). The van der Waals surface area contributed by atoms with Crippen LogP contribution in [0.3, 0.4) is 0 Å². The van der Waals surface area contributed by atoms with Crippen LogP contribution in [0, 0.1) is 5.82 Å². The van der Waals surface area contributed by atoms with Gasteiger partial charge >= 0.3 is 11.7 Å². The molecule has 14 nitrogen and oxygen atoms in total. The standard InChI is InChI=1S/C9H11FN2O5.C6H10O7/c10-4-2-12(9(16)11-8(4)15)7-1-5(14)6(3-13)17-7;7-1-2(8)3(9)4(10)5(11)6(12)13/h2,5-7,13-14H,1,3H2,(H,11,15,16);1-5,8-11H,(H,12,13)/t5-,6+,7+;2-,3+,4-,5-/m00/s1. The molecule has 2 heterocycles. The van der Waals surface area contributed by atoms with Crippen LogP contribution in [0.2, 0.25) is 0 Å². The Morgan fingerprint density at radius 3 is 2.37 bits per heavy atom. The zero-order valence-corrected chi connectivity index (χ0v) is 15.1. The summed E-state index contributed by atoms with van der Waals surface area (Å²) in [4.78, 5) is 44.0. The molecule has 30 heavy (non-hydrogen) atoms. The lowest BCUT2D eigenvalue weighted by Crippen LogP contribution is -2.48. The first-order valence-corrected chi connectivity index (χ1v) is 8.30. The van der Waals surface area contributed by atoms with Crippen molar-refractivity contribution < 1.29 is 54.5 Å². The third kappa shape index (κ3) is 6.23.